The lowest BCUT2D eigenvalue weighted by Crippen LogP contribution is -2.22. The van der Waals surface area contributed by atoms with E-state index in [0.717, 1.165) is 27.8 Å². The van der Waals surface area contributed by atoms with Crippen LogP contribution in [-0.2, 0) is 4.79 Å². The van der Waals surface area contributed by atoms with Crippen LogP contribution in [-0.4, -0.2) is 33.4 Å². The van der Waals surface area contributed by atoms with Gasteiger partial charge < -0.3 is 10.1 Å². The molecular formula is C22H20N4O2S. The molecule has 1 atom stereocenters. The lowest BCUT2D eigenvalue weighted by molar-refractivity contribution is -0.115. The molecule has 1 amide bonds. The molecule has 0 radical (unpaired) electrons. The molecule has 1 heterocycles. The molecule has 0 aliphatic carbocycles. The largest absolute Gasteiger partial charge is 0.497 e. The molecule has 0 spiro atoms. The number of H-pyrrole nitrogens is 1. The number of nitrogens with zero attached hydrogens (tertiary/aromatic N) is 2. The maximum atomic E-state index is 12.6. The Morgan fingerprint density at radius 1 is 1.07 bits per heavy atom. The van der Waals surface area contributed by atoms with Crippen LogP contribution >= 0.6 is 11.8 Å². The number of benzene rings is 3. The lowest BCUT2D eigenvalue weighted by Gasteiger charge is -2.10. The molecule has 0 aliphatic heterocycles. The third kappa shape index (κ3) is 4.41. The van der Waals surface area contributed by atoms with Crippen molar-refractivity contribution < 1.29 is 9.53 Å². The zero-order valence-electron chi connectivity index (χ0n) is 16.0. The fourth-order valence-corrected chi connectivity index (χ4v) is 3.62. The average molecular weight is 404 g/mol. The van der Waals surface area contributed by atoms with Crippen LogP contribution in [0.1, 0.15) is 6.92 Å². The summed E-state index contributed by atoms with van der Waals surface area (Å²) in [4.78, 5) is 17.1. The van der Waals surface area contributed by atoms with Gasteiger partial charge in [0.1, 0.15) is 5.75 Å². The number of fused-ring (bicyclic) bond motifs is 1. The van der Waals surface area contributed by atoms with Crippen molar-refractivity contribution in [2.75, 3.05) is 12.4 Å². The predicted octanol–water partition coefficient (Wildman–Crippen LogP) is 4.75. The topological polar surface area (TPSA) is 79.9 Å². The SMILES string of the molecule is COc1ccc(-c2nc(SC(C)C(=O)Nc3ccc4ccccc4c3)n[nH]2)cc1. The molecule has 0 fully saturated rings. The summed E-state index contributed by atoms with van der Waals surface area (Å²) in [6.07, 6.45) is 0. The van der Waals surface area contributed by atoms with Crippen LogP contribution in [0.3, 0.4) is 0 Å². The maximum absolute atomic E-state index is 12.6. The quantitative estimate of drug-likeness (QED) is 0.453. The first kappa shape index (κ1) is 19.0. The fraction of sp³-hybridized carbons (Fsp3) is 0.136. The van der Waals surface area contributed by atoms with Gasteiger partial charge in [-0.05, 0) is 54.1 Å². The molecule has 0 saturated heterocycles. The van der Waals surface area contributed by atoms with Gasteiger partial charge in [0, 0.05) is 11.3 Å². The van der Waals surface area contributed by atoms with Crippen LogP contribution in [0.4, 0.5) is 5.69 Å². The van der Waals surface area contributed by atoms with E-state index in [9.17, 15) is 4.79 Å². The highest BCUT2D eigenvalue weighted by Gasteiger charge is 2.18. The first-order valence-corrected chi connectivity index (χ1v) is 10.0. The van der Waals surface area contributed by atoms with Crippen LogP contribution in [0.25, 0.3) is 22.2 Å². The molecule has 29 heavy (non-hydrogen) atoms. The number of thioether (sulfide) groups is 1. The van der Waals surface area contributed by atoms with Crippen molar-refractivity contribution in [3.05, 3.63) is 66.7 Å². The van der Waals surface area contributed by atoms with Gasteiger partial charge in [-0.15, -0.1) is 5.10 Å². The summed E-state index contributed by atoms with van der Waals surface area (Å²) in [6.45, 7) is 1.84. The third-order valence-corrected chi connectivity index (χ3v) is 5.46. The number of carbonyl (C=O) groups excluding carboxylic acids is 1. The van der Waals surface area contributed by atoms with E-state index in [1.807, 2.05) is 73.7 Å². The first-order chi connectivity index (χ1) is 14.1. The molecule has 0 aliphatic rings. The Balaban J connectivity index is 1.41. The third-order valence-electron chi connectivity index (χ3n) is 4.50. The molecule has 2 N–H and O–H groups in total. The number of rotatable bonds is 6. The van der Waals surface area contributed by atoms with Gasteiger partial charge in [-0.2, -0.15) is 0 Å². The Morgan fingerprint density at radius 2 is 1.83 bits per heavy atom. The highest BCUT2D eigenvalue weighted by Crippen LogP contribution is 2.25. The number of aromatic nitrogens is 3. The van der Waals surface area contributed by atoms with Crippen molar-refractivity contribution in [3.63, 3.8) is 0 Å². The molecule has 0 saturated carbocycles. The minimum Gasteiger partial charge on any atom is -0.497 e. The van der Waals surface area contributed by atoms with Gasteiger partial charge in [0.2, 0.25) is 11.1 Å². The fourth-order valence-electron chi connectivity index (χ4n) is 2.90. The normalized spacial score (nSPS) is 11.9. The van der Waals surface area contributed by atoms with Gasteiger partial charge >= 0.3 is 0 Å². The Labute approximate surface area is 172 Å². The summed E-state index contributed by atoms with van der Waals surface area (Å²) in [5.74, 6) is 1.33. The summed E-state index contributed by atoms with van der Waals surface area (Å²) in [5.41, 5.74) is 1.67. The van der Waals surface area contributed by atoms with E-state index in [2.05, 4.69) is 20.5 Å². The van der Waals surface area contributed by atoms with E-state index in [-0.39, 0.29) is 11.2 Å². The number of aromatic amines is 1. The predicted molar refractivity (Wildman–Crippen MR) is 116 cm³/mol. The zero-order chi connectivity index (χ0) is 20.2. The average Bonchev–Trinajstić information content (AvgIpc) is 3.22. The van der Waals surface area contributed by atoms with Crippen LogP contribution in [0, 0.1) is 0 Å². The Morgan fingerprint density at radius 3 is 2.59 bits per heavy atom. The second-order valence-electron chi connectivity index (χ2n) is 6.51. The van der Waals surface area contributed by atoms with Crippen molar-refractivity contribution >= 4 is 34.1 Å². The highest BCUT2D eigenvalue weighted by molar-refractivity contribution is 8.00. The molecule has 146 valence electrons. The van der Waals surface area contributed by atoms with Gasteiger partial charge in [-0.3, -0.25) is 9.89 Å². The number of hydrogen-bond acceptors (Lipinski definition) is 5. The van der Waals surface area contributed by atoms with Crippen molar-refractivity contribution in [1.29, 1.82) is 0 Å². The molecular weight excluding hydrogens is 384 g/mol. The van der Waals surface area contributed by atoms with Crippen LogP contribution < -0.4 is 10.1 Å². The van der Waals surface area contributed by atoms with Crippen molar-refractivity contribution in [2.24, 2.45) is 0 Å². The molecule has 6 nitrogen and oxygen atoms in total. The van der Waals surface area contributed by atoms with Gasteiger partial charge in [0.05, 0.1) is 12.4 Å². The van der Waals surface area contributed by atoms with Crippen LogP contribution in [0.5, 0.6) is 5.75 Å². The van der Waals surface area contributed by atoms with Crippen LogP contribution in [0.15, 0.2) is 71.9 Å². The number of ether oxygens (including phenoxy) is 1. The van der Waals surface area contributed by atoms with Crippen molar-refractivity contribution in [2.45, 2.75) is 17.3 Å². The molecule has 4 aromatic rings. The number of carbonyl (C=O) groups is 1. The number of hydrogen-bond donors (Lipinski definition) is 2. The Kier molecular flexibility index (Phi) is 5.48. The molecule has 0 bridgehead atoms. The van der Waals surface area contributed by atoms with Crippen molar-refractivity contribution in [3.8, 4) is 17.1 Å². The van der Waals surface area contributed by atoms with E-state index in [1.165, 1.54) is 11.8 Å². The second kappa shape index (κ2) is 8.36. The van der Waals surface area contributed by atoms with E-state index >= 15 is 0 Å². The highest BCUT2D eigenvalue weighted by atomic mass is 32.2. The van der Waals surface area contributed by atoms with Gasteiger partial charge in [0.15, 0.2) is 5.82 Å². The van der Waals surface area contributed by atoms with E-state index in [1.54, 1.807) is 7.11 Å². The molecule has 7 heteroatoms. The summed E-state index contributed by atoms with van der Waals surface area (Å²) < 4.78 is 5.17. The zero-order valence-corrected chi connectivity index (χ0v) is 16.9. The number of nitrogens with one attached hydrogen (secondary N) is 2. The summed E-state index contributed by atoms with van der Waals surface area (Å²) in [6, 6.07) is 21.5. The number of anilines is 1. The molecule has 3 aromatic carbocycles. The van der Waals surface area contributed by atoms with Gasteiger partial charge in [0.25, 0.3) is 0 Å². The van der Waals surface area contributed by atoms with E-state index in [4.69, 9.17) is 4.74 Å². The van der Waals surface area contributed by atoms with Gasteiger partial charge in [-0.25, -0.2) is 4.98 Å². The molecule has 4 rings (SSSR count). The molecule has 1 unspecified atom stereocenters. The van der Waals surface area contributed by atoms with Gasteiger partial charge in [-0.1, -0.05) is 42.1 Å². The number of methoxy groups -OCH3 is 1. The summed E-state index contributed by atoms with van der Waals surface area (Å²) in [5, 5.41) is 12.5. The summed E-state index contributed by atoms with van der Waals surface area (Å²) >= 11 is 1.31. The standard InChI is InChI=1S/C22H20N4O2S/c1-14(21(27)23-18-10-7-15-5-3-4-6-17(15)13-18)29-22-24-20(25-26-22)16-8-11-19(28-2)12-9-16/h3-14H,1-2H3,(H,23,27)(H,24,25,26). The molecule has 1 aromatic heterocycles. The van der Waals surface area contributed by atoms with Crippen molar-refractivity contribution in [1.82, 2.24) is 15.2 Å². The minimum atomic E-state index is -0.346. The maximum Gasteiger partial charge on any atom is 0.237 e. The second-order valence-corrected chi connectivity index (χ2v) is 7.81. The smallest absolute Gasteiger partial charge is 0.237 e. The van der Waals surface area contributed by atoms with E-state index < -0.39 is 0 Å². The van der Waals surface area contributed by atoms with E-state index in [0.29, 0.717) is 11.0 Å². The Bertz CT molecular complexity index is 1140. The first-order valence-electron chi connectivity index (χ1n) is 9.15. The van der Waals surface area contributed by atoms with Crippen LogP contribution in [0.2, 0.25) is 0 Å². The number of amides is 1. The minimum absolute atomic E-state index is 0.0962. The lowest BCUT2D eigenvalue weighted by atomic mass is 10.1. The summed E-state index contributed by atoms with van der Waals surface area (Å²) in [7, 11) is 1.63. The Hall–Kier alpha value is -3.32. The monoisotopic (exact) mass is 404 g/mol.